The molecule has 0 saturated carbocycles. The van der Waals surface area contributed by atoms with E-state index in [9.17, 15) is 0 Å². The van der Waals surface area contributed by atoms with Crippen molar-refractivity contribution in [3.05, 3.63) is 63.2 Å². The van der Waals surface area contributed by atoms with E-state index in [1.165, 1.54) is 19.6 Å². The molecular weight excluding hydrogens is 365 g/mol. The Morgan fingerprint density at radius 3 is 2.21 bits per heavy atom. The summed E-state index contributed by atoms with van der Waals surface area (Å²) in [6.45, 7) is 0. The second kappa shape index (κ2) is 7.31. The van der Waals surface area contributed by atoms with E-state index in [2.05, 4.69) is 82.7 Å². The molecule has 1 nitrogen and oxygen atoms in total. The molecule has 0 fully saturated rings. The predicted octanol–water partition coefficient (Wildman–Crippen LogP) is 4.52. The molecule has 2 aromatic rings. The first-order valence-corrected chi connectivity index (χ1v) is 8.59. The SMILES string of the molecule is CNC(Cc1ccc(I)cc1)c1ccc(SC)cc1. The van der Waals surface area contributed by atoms with Gasteiger partial charge >= 0.3 is 0 Å². The maximum atomic E-state index is 3.41. The van der Waals surface area contributed by atoms with E-state index in [1.54, 1.807) is 11.8 Å². The van der Waals surface area contributed by atoms with E-state index in [1.807, 2.05) is 7.05 Å². The molecule has 0 spiro atoms. The van der Waals surface area contributed by atoms with Crippen LogP contribution in [0.25, 0.3) is 0 Å². The van der Waals surface area contributed by atoms with Gasteiger partial charge in [0.1, 0.15) is 0 Å². The number of benzene rings is 2. The molecule has 0 amide bonds. The molecule has 0 aromatic heterocycles. The second-order valence-electron chi connectivity index (χ2n) is 4.45. The van der Waals surface area contributed by atoms with Crippen LogP contribution in [0.4, 0.5) is 0 Å². The highest BCUT2D eigenvalue weighted by atomic mass is 127. The number of hydrogen-bond acceptors (Lipinski definition) is 2. The Hall–Kier alpha value is -0.520. The van der Waals surface area contributed by atoms with E-state index in [4.69, 9.17) is 0 Å². The summed E-state index contributed by atoms with van der Waals surface area (Å²) in [4.78, 5) is 1.31. The molecule has 0 aliphatic rings. The molecule has 1 atom stereocenters. The van der Waals surface area contributed by atoms with Crippen molar-refractivity contribution < 1.29 is 0 Å². The van der Waals surface area contributed by atoms with E-state index in [0.29, 0.717) is 6.04 Å². The molecule has 0 radical (unpaired) electrons. The fourth-order valence-electron chi connectivity index (χ4n) is 2.08. The van der Waals surface area contributed by atoms with Gasteiger partial charge in [-0.05, 0) is 77.7 Å². The van der Waals surface area contributed by atoms with Crippen LogP contribution >= 0.6 is 34.4 Å². The molecular formula is C16H18INS. The summed E-state index contributed by atoms with van der Waals surface area (Å²) in [7, 11) is 2.03. The molecule has 1 unspecified atom stereocenters. The highest BCUT2D eigenvalue weighted by molar-refractivity contribution is 14.1. The molecule has 3 heteroatoms. The minimum Gasteiger partial charge on any atom is -0.313 e. The molecule has 1 N–H and O–H groups in total. The summed E-state index contributed by atoms with van der Waals surface area (Å²) in [6, 6.07) is 18.0. The van der Waals surface area contributed by atoms with Gasteiger partial charge in [-0.1, -0.05) is 24.3 Å². The van der Waals surface area contributed by atoms with Crippen LogP contribution in [0.15, 0.2) is 53.4 Å². The molecule has 0 saturated heterocycles. The first-order chi connectivity index (χ1) is 9.22. The Balaban J connectivity index is 2.12. The molecule has 0 bridgehead atoms. The standard InChI is InChI=1S/C16H18INS/c1-18-16(11-12-3-7-14(17)8-4-12)13-5-9-15(19-2)10-6-13/h3-10,16,18H,11H2,1-2H3. The van der Waals surface area contributed by atoms with Crippen LogP contribution in [0.2, 0.25) is 0 Å². The van der Waals surface area contributed by atoms with E-state index in [-0.39, 0.29) is 0 Å². The van der Waals surface area contributed by atoms with Gasteiger partial charge in [-0.25, -0.2) is 0 Å². The Kier molecular flexibility index (Phi) is 5.73. The van der Waals surface area contributed by atoms with Crippen molar-refractivity contribution in [2.45, 2.75) is 17.4 Å². The van der Waals surface area contributed by atoms with Gasteiger partial charge in [0.15, 0.2) is 0 Å². The van der Waals surface area contributed by atoms with Gasteiger partial charge in [0, 0.05) is 14.5 Å². The van der Waals surface area contributed by atoms with Crippen molar-refractivity contribution >= 4 is 34.4 Å². The van der Waals surface area contributed by atoms with Crippen LogP contribution in [0.5, 0.6) is 0 Å². The average molecular weight is 383 g/mol. The topological polar surface area (TPSA) is 12.0 Å². The summed E-state index contributed by atoms with van der Waals surface area (Å²) in [5, 5.41) is 3.41. The molecule has 0 aliphatic carbocycles. The fourth-order valence-corrected chi connectivity index (χ4v) is 2.85. The summed E-state index contributed by atoms with van der Waals surface area (Å²) in [5.41, 5.74) is 2.72. The summed E-state index contributed by atoms with van der Waals surface area (Å²) in [5.74, 6) is 0. The molecule has 100 valence electrons. The second-order valence-corrected chi connectivity index (χ2v) is 6.57. The summed E-state index contributed by atoms with van der Waals surface area (Å²) >= 11 is 4.12. The van der Waals surface area contributed by atoms with E-state index >= 15 is 0 Å². The Morgan fingerprint density at radius 2 is 1.68 bits per heavy atom. The minimum atomic E-state index is 0.371. The first kappa shape index (κ1) is 14.9. The van der Waals surface area contributed by atoms with Crippen LogP contribution < -0.4 is 5.32 Å². The Labute approximate surface area is 133 Å². The third-order valence-electron chi connectivity index (χ3n) is 3.22. The lowest BCUT2D eigenvalue weighted by Crippen LogP contribution is -2.18. The lowest BCUT2D eigenvalue weighted by molar-refractivity contribution is 0.591. The van der Waals surface area contributed by atoms with Crippen molar-refractivity contribution in [2.24, 2.45) is 0 Å². The van der Waals surface area contributed by atoms with Crippen molar-refractivity contribution in [2.75, 3.05) is 13.3 Å². The lowest BCUT2D eigenvalue weighted by atomic mass is 9.99. The van der Waals surface area contributed by atoms with Crippen LogP contribution in [0.3, 0.4) is 0 Å². The van der Waals surface area contributed by atoms with E-state index in [0.717, 1.165) is 6.42 Å². The predicted molar refractivity (Wildman–Crippen MR) is 92.9 cm³/mol. The largest absolute Gasteiger partial charge is 0.313 e. The van der Waals surface area contributed by atoms with Gasteiger partial charge < -0.3 is 5.32 Å². The fraction of sp³-hybridized carbons (Fsp3) is 0.250. The molecule has 2 rings (SSSR count). The van der Waals surface area contributed by atoms with Crippen LogP contribution in [0.1, 0.15) is 17.2 Å². The van der Waals surface area contributed by atoms with Crippen molar-refractivity contribution in [3.8, 4) is 0 Å². The lowest BCUT2D eigenvalue weighted by Gasteiger charge is -2.17. The zero-order valence-corrected chi connectivity index (χ0v) is 14.2. The highest BCUT2D eigenvalue weighted by Crippen LogP contribution is 2.22. The molecule has 0 aliphatic heterocycles. The number of hydrogen-bond donors (Lipinski definition) is 1. The highest BCUT2D eigenvalue weighted by Gasteiger charge is 2.09. The van der Waals surface area contributed by atoms with Crippen LogP contribution in [-0.4, -0.2) is 13.3 Å². The Bertz CT molecular complexity index is 507. The zero-order valence-electron chi connectivity index (χ0n) is 11.2. The van der Waals surface area contributed by atoms with Crippen molar-refractivity contribution in [3.63, 3.8) is 0 Å². The summed E-state index contributed by atoms with van der Waals surface area (Å²) in [6.07, 6.45) is 3.13. The molecule has 0 heterocycles. The maximum Gasteiger partial charge on any atom is 0.0358 e. The van der Waals surface area contributed by atoms with Crippen LogP contribution in [-0.2, 0) is 6.42 Å². The first-order valence-electron chi connectivity index (χ1n) is 6.28. The Morgan fingerprint density at radius 1 is 1.05 bits per heavy atom. The average Bonchev–Trinajstić information content (AvgIpc) is 2.47. The monoisotopic (exact) mass is 383 g/mol. The third kappa shape index (κ3) is 4.23. The van der Waals surface area contributed by atoms with Gasteiger partial charge in [0.25, 0.3) is 0 Å². The quantitative estimate of drug-likeness (QED) is 0.602. The normalized spacial score (nSPS) is 12.4. The number of rotatable bonds is 5. The van der Waals surface area contributed by atoms with Crippen molar-refractivity contribution in [1.29, 1.82) is 0 Å². The van der Waals surface area contributed by atoms with Gasteiger partial charge in [-0.2, -0.15) is 0 Å². The maximum absolute atomic E-state index is 3.41. The van der Waals surface area contributed by atoms with Gasteiger partial charge in [-0.3, -0.25) is 0 Å². The summed E-state index contributed by atoms with van der Waals surface area (Å²) < 4.78 is 1.28. The minimum absolute atomic E-state index is 0.371. The van der Waals surface area contributed by atoms with E-state index < -0.39 is 0 Å². The van der Waals surface area contributed by atoms with Crippen LogP contribution in [0, 0.1) is 3.57 Å². The van der Waals surface area contributed by atoms with Gasteiger partial charge in [-0.15, -0.1) is 11.8 Å². The van der Waals surface area contributed by atoms with Crippen molar-refractivity contribution in [1.82, 2.24) is 5.32 Å². The third-order valence-corrected chi connectivity index (χ3v) is 4.68. The molecule has 19 heavy (non-hydrogen) atoms. The number of halogens is 1. The number of nitrogens with one attached hydrogen (secondary N) is 1. The number of thioether (sulfide) groups is 1. The van der Waals surface area contributed by atoms with Gasteiger partial charge in [0.2, 0.25) is 0 Å². The molecule has 2 aromatic carbocycles. The smallest absolute Gasteiger partial charge is 0.0358 e. The van der Waals surface area contributed by atoms with Gasteiger partial charge in [0.05, 0.1) is 0 Å². The number of likely N-dealkylation sites (N-methyl/N-ethyl adjacent to an activating group) is 1. The zero-order chi connectivity index (χ0) is 13.7.